The van der Waals surface area contributed by atoms with E-state index in [-0.39, 0.29) is 5.78 Å². The van der Waals surface area contributed by atoms with Crippen molar-refractivity contribution in [2.24, 2.45) is 0 Å². The summed E-state index contributed by atoms with van der Waals surface area (Å²) in [7, 11) is 0. The van der Waals surface area contributed by atoms with Gasteiger partial charge >= 0.3 is 0 Å². The minimum absolute atomic E-state index is 0.0918. The van der Waals surface area contributed by atoms with Crippen molar-refractivity contribution in [3.05, 3.63) is 90.6 Å². The number of para-hydroxylation sites is 4. The third-order valence-electron chi connectivity index (χ3n) is 4.77. The number of thioether (sulfide) groups is 1. The first-order valence-electron chi connectivity index (χ1n) is 9.06. The number of rotatable bonds is 5. The molecule has 0 spiro atoms. The summed E-state index contributed by atoms with van der Waals surface area (Å²) in [6, 6.07) is 26.0. The average Bonchev–Trinajstić information content (AvgIpc) is 3.34. The number of H-pyrrole nitrogens is 1. The lowest BCUT2D eigenvalue weighted by Gasteiger charge is -2.08. The van der Waals surface area contributed by atoms with E-state index in [1.54, 1.807) is 6.20 Å². The van der Waals surface area contributed by atoms with Gasteiger partial charge < -0.3 is 4.98 Å². The van der Waals surface area contributed by atoms with E-state index in [0.717, 1.165) is 38.3 Å². The van der Waals surface area contributed by atoms with Crippen LogP contribution in [0.15, 0.2) is 90.2 Å². The van der Waals surface area contributed by atoms with Crippen molar-refractivity contribution in [3.8, 4) is 5.69 Å². The van der Waals surface area contributed by atoms with Gasteiger partial charge in [0.2, 0.25) is 0 Å². The molecule has 2 heterocycles. The number of fused-ring (bicyclic) bond motifs is 2. The summed E-state index contributed by atoms with van der Waals surface area (Å²) in [5.74, 6) is 0.423. The molecule has 0 saturated heterocycles. The number of imidazole rings is 1. The van der Waals surface area contributed by atoms with Crippen molar-refractivity contribution in [1.82, 2.24) is 14.5 Å². The molecule has 1 N–H and O–H groups in total. The Morgan fingerprint density at radius 3 is 2.57 bits per heavy atom. The van der Waals surface area contributed by atoms with Gasteiger partial charge in [0.05, 0.1) is 16.8 Å². The topological polar surface area (TPSA) is 50.7 Å². The summed E-state index contributed by atoms with van der Waals surface area (Å²) in [4.78, 5) is 20.8. The Labute approximate surface area is 166 Å². The van der Waals surface area contributed by atoms with E-state index >= 15 is 0 Å². The predicted molar refractivity (Wildman–Crippen MR) is 114 cm³/mol. The van der Waals surface area contributed by atoms with Crippen LogP contribution in [-0.2, 0) is 0 Å². The SMILES string of the molecule is O=C(CSc1nc2ccccc2n1-c1ccccc1)c1c[nH]c2ccccc12. The lowest BCUT2D eigenvalue weighted by Crippen LogP contribution is -2.03. The Morgan fingerprint density at radius 1 is 0.929 bits per heavy atom. The van der Waals surface area contributed by atoms with Gasteiger partial charge in [-0.05, 0) is 30.3 Å². The van der Waals surface area contributed by atoms with Gasteiger partial charge in [-0.15, -0.1) is 0 Å². The van der Waals surface area contributed by atoms with Crippen LogP contribution in [0.1, 0.15) is 10.4 Å². The Kier molecular flexibility index (Phi) is 4.22. The average molecular weight is 383 g/mol. The summed E-state index contributed by atoms with van der Waals surface area (Å²) in [5, 5.41) is 1.78. The van der Waals surface area contributed by atoms with Crippen LogP contribution in [0.5, 0.6) is 0 Å². The molecule has 2 aromatic heterocycles. The van der Waals surface area contributed by atoms with E-state index in [2.05, 4.69) is 27.8 Å². The monoisotopic (exact) mass is 383 g/mol. The van der Waals surface area contributed by atoms with Gasteiger partial charge in [0, 0.05) is 28.4 Å². The normalized spacial score (nSPS) is 11.3. The van der Waals surface area contributed by atoms with Crippen LogP contribution < -0.4 is 0 Å². The van der Waals surface area contributed by atoms with Gasteiger partial charge in [-0.1, -0.05) is 60.3 Å². The molecule has 0 amide bonds. The minimum Gasteiger partial charge on any atom is -0.360 e. The lowest BCUT2D eigenvalue weighted by molar-refractivity contribution is 0.102. The van der Waals surface area contributed by atoms with Crippen LogP contribution >= 0.6 is 11.8 Å². The molecule has 0 radical (unpaired) electrons. The van der Waals surface area contributed by atoms with Crippen molar-refractivity contribution in [2.45, 2.75) is 5.16 Å². The minimum atomic E-state index is 0.0918. The van der Waals surface area contributed by atoms with E-state index < -0.39 is 0 Å². The molecule has 0 saturated carbocycles. The van der Waals surface area contributed by atoms with Gasteiger partial charge in [-0.25, -0.2) is 4.98 Å². The molecular formula is C23H17N3OS. The number of aromatic amines is 1. The van der Waals surface area contributed by atoms with Crippen molar-refractivity contribution in [2.75, 3.05) is 5.75 Å². The highest BCUT2D eigenvalue weighted by atomic mass is 32.2. The molecule has 0 unspecified atom stereocenters. The van der Waals surface area contributed by atoms with Gasteiger partial charge in [0.25, 0.3) is 0 Å². The van der Waals surface area contributed by atoms with Crippen LogP contribution in [0.3, 0.4) is 0 Å². The molecule has 136 valence electrons. The van der Waals surface area contributed by atoms with E-state index in [9.17, 15) is 4.79 Å². The molecule has 5 heteroatoms. The first kappa shape index (κ1) is 16.8. The van der Waals surface area contributed by atoms with Crippen molar-refractivity contribution in [3.63, 3.8) is 0 Å². The molecule has 4 nitrogen and oxygen atoms in total. The summed E-state index contributed by atoms with van der Waals surface area (Å²) in [5.41, 5.74) is 4.71. The van der Waals surface area contributed by atoms with Gasteiger partial charge in [-0.2, -0.15) is 0 Å². The maximum absolute atomic E-state index is 12.9. The second-order valence-corrected chi connectivity index (χ2v) is 7.46. The highest BCUT2D eigenvalue weighted by Crippen LogP contribution is 2.29. The Bertz CT molecular complexity index is 1290. The lowest BCUT2D eigenvalue weighted by atomic mass is 10.1. The Hall–Kier alpha value is -3.31. The zero-order valence-electron chi connectivity index (χ0n) is 15.0. The fraction of sp³-hybridized carbons (Fsp3) is 0.0435. The van der Waals surface area contributed by atoms with E-state index in [4.69, 9.17) is 4.98 Å². The molecule has 0 fully saturated rings. The fourth-order valence-electron chi connectivity index (χ4n) is 3.44. The molecule has 5 aromatic rings. The van der Waals surface area contributed by atoms with Crippen LogP contribution in [-0.4, -0.2) is 26.1 Å². The van der Waals surface area contributed by atoms with Gasteiger partial charge in [-0.3, -0.25) is 9.36 Å². The van der Waals surface area contributed by atoms with Gasteiger partial charge in [0.1, 0.15) is 0 Å². The van der Waals surface area contributed by atoms with Gasteiger partial charge in [0.15, 0.2) is 10.9 Å². The number of nitrogens with zero attached hydrogens (tertiary/aromatic N) is 2. The van der Waals surface area contributed by atoms with Crippen LogP contribution in [0.4, 0.5) is 0 Å². The summed E-state index contributed by atoms with van der Waals surface area (Å²) < 4.78 is 2.11. The molecule has 0 aliphatic rings. The third-order valence-corrected chi connectivity index (χ3v) is 5.71. The Balaban J connectivity index is 1.49. The summed E-state index contributed by atoms with van der Waals surface area (Å²) in [6.45, 7) is 0. The molecule has 0 bridgehead atoms. The fourth-order valence-corrected chi connectivity index (χ4v) is 4.35. The van der Waals surface area contributed by atoms with E-state index in [0.29, 0.717) is 5.75 Å². The number of carbonyl (C=O) groups excluding carboxylic acids is 1. The molecule has 3 aromatic carbocycles. The summed E-state index contributed by atoms with van der Waals surface area (Å²) in [6.07, 6.45) is 1.80. The first-order chi connectivity index (χ1) is 13.8. The number of hydrogen-bond acceptors (Lipinski definition) is 3. The highest BCUT2D eigenvalue weighted by molar-refractivity contribution is 7.99. The second kappa shape index (κ2) is 7.02. The second-order valence-electron chi connectivity index (χ2n) is 6.51. The third kappa shape index (κ3) is 2.90. The molecule has 0 aliphatic heterocycles. The molecular weight excluding hydrogens is 366 g/mol. The van der Waals surface area contributed by atoms with Crippen LogP contribution in [0.2, 0.25) is 0 Å². The van der Waals surface area contributed by atoms with Crippen LogP contribution in [0, 0.1) is 0 Å². The number of hydrogen-bond donors (Lipinski definition) is 1. The van der Waals surface area contributed by atoms with Crippen molar-refractivity contribution in [1.29, 1.82) is 0 Å². The standard InChI is InChI=1S/C23H17N3OS/c27-22(18-14-24-19-11-5-4-10-17(18)19)15-28-23-25-20-12-6-7-13-21(20)26(23)16-8-2-1-3-9-16/h1-14,24H,15H2. The molecule has 0 aliphatic carbocycles. The van der Waals surface area contributed by atoms with Crippen LogP contribution in [0.25, 0.3) is 27.6 Å². The number of carbonyl (C=O) groups is 1. The zero-order valence-corrected chi connectivity index (χ0v) is 15.8. The number of aromatic nitrogens is 3. The van der Waals surface area contributed by atoms with Crippen molar-refractivity contribution >= 4 is 39.5 Å². The summed E-state index contributed by atoms with van der Waals surface area (Å²) >= 11 is 1.47. The molecule has 28 heavy (non-hydrogen) atoms. The molecule has 0 atom stereocenters. The predicted octanol–water partition coefficient (Wildman–Crippen LogP) is 5.48. The largest absolute Gasteiger partial charge is 0.360 e. The number of ketones is 1. The molecule has 5 rings (SSSR count). The number of nitrogens with one attached hydrogen (secondary N) is 1. The quantitative estimate of drug-likeness (QED) is 0.323. The van der Waals surface area contributed by atoms with Crippen molar-refractivity contribution < 1.29 is 4.79 Å². The Morgan fingerprint density at radius 2 is 1.68 bits per heavy atom. The zero-order chi connectivity index (χ0) is 18.9. The highest BCUT2D eigenvalue weighted by Gasteiger charge is 2.16. The maximum Gasteiger partial charge on any atom is 0.175 e. The smallest absolute Gasteiger partial charge is 0.175 e. The maximum atomic E-state index is 12.9. The van der Waals surface area contributed by atoms with E-state index in [1.165, 1.54) is 11.8 Å². The van der Waals surface area contributed by atoms with E-state index in [1.807, 2.05) is 60.7 Å². The first-order valence-corrected chi connectivity index (χ1v) is 10.0. The number of benzene rings is 3. The number of Topliss-reactive ketones (excluding diaryl/α,β-unsaturated/α-hetero) is 1.